The van der Waals surface area contributed by atoms with Crippen molar-refractivity contribution in [3.63, 3.8) is 0 Å². The number of nitrogens with zero attached hydrogens (tertiary/aromatic N) is 1. The molecule has 0 unspecified atom stereocenters. The maximum absolute atomic E-state index is 12.6. The smallest absolute Gasteiger partial charge is 0.261 e. The summed E-state index contributed by atoms with van der Waals surface area (Å²) in [6, 6.07) is 24.2. The van der Waals surface area contributed by atoms with Crippen molar-refractivity contribution in [1.29, 1.82) is 0 Å². The molecule has 3 rings (SSSR count). The molecule has 0 aliphatic heterocycles. The van der Waals surface area contributed by atoms with Crippen LogP contribution in [-0.2, 0) is 4.79 Å². The average Bonchev–Trinajstić information content (AvgIpc) is 2.75. The number of carbonyl (C=O) groups excluding carboxylic acids is 1. The summed E-state index contributed by atoms with van der Waals surface area (Å²) >= 11 is 0. The van der Waals surface area contributed by atoms with Crippen LogP contribution in [0.4, 0.5) is 5.69 Å². The summed E-state index contributed by atoms with van der Waals surface area (Å²) in [4.78, 5) is 14.8. The van der Waals surface area contributed by atoms with E-state index in [9.17, 15) is 4.79 Å². The number of anilines is 1. The van der Waals surface area contributed by atoms with Gasteiger partial charge in [0.05, 0.1) is 0 Å². The minimum absolute atomic E-state index is 0.0576. The zero-order chi connectivity index (χ0) is 19.8. The molecule has 1 amide bonds. The molecule has 1 atom stereocenters. The number of carbonyl (C=O) groups is 1. The Balaban J connectivity index is 1.51. The monoisotopic (exact) mass is 376 g/mol. The van der Waals surface area contributed by atoms with E-state index >= 15 is 0 Å². The first-order chi connectivity index (χ1) is 13.7. The Morgan fingerprint density at radius 2 is 1.71 bits per heavy atom. The van der Waals surface area contributed by atoms with E-state index in [1.165, 1.54) is 5.69 Å². The number of amides is 1. The minimum atomic E-state index is -0.488. The van der Waals surface area contributed by atoms with Gasteiger partial charge in [0.25, 0.3) is 5.91 Å². The first kappa shape index (κ1) is 19.7. The summed E-state index contributed by atoms with van der Waals surface area (Å²) in [6.07, 6.45) is 1.01. The second-order valence-electron chi connectivity index (χ2n) is 6.89. The van der Waals surface area contributed by atoms with Gasteiger partial charge < -0.3 is 15.0 Å². The summed E-state index contributed by atoms with van der Waals surface area (Å²) in [5, 5.41) is 5.16. The number of hydrogen-bond donors (Lipinski definition) is 1. The zero-order valence-electron chi connectivity index (χ0n) is 16.6. The van der Waals surface area contributed by atoms with Crippen LogP contribution >= 0.6 is 0 Å². The molecule has 28 heavy (non-hydrogen) atoms. The Morgan fingerprint density at radius 1 is 1.00 bits per heavy atom. The van der Waals surface area contributed by atoms with Gasteiger partial charge in [0.15, 0.2) is 6.10 Å². The standard InChI is InChI=1S/C24H28N2O2/c1-3-22(28-23-16-9-12-19-11-7-8-15-21(19)23)24(27)25-17-10-18-26(2)20-13-5-4-6-14-20/h4-9,11-16,22H,3,10,17-18H2,1-2H3,(H,25,27)/t22-/m0/s1. The van der Waals surface area contributed by atoms with Crippen molar-refractivity contribution < 1.29 is 9.53 Å². The van der Waals surface area contributed by atoms with Crippen LogP contribution in [0.15, 0.2) is 72.8 Å². The summed E-state index contributed by atoms with van der Waals surface area (Å²) < 4.78 is 6.06. The molecular weight excluding hydrogens is 348 g/mol. The molecule has 3 aromatic rings. The van der Waals surface area contributed by atoms with E-state index in [4.69, 9.17) is 4.74 Å². The van der Waals surface area contributed by atoms with Gasteiger partial charge in [-0.15, -0.1) is 0 Å². The molecule has 0 aromatic heterocycles. The van der Waals surface area contributed by atoms with Gasteiger partial charge in [0.2, 0.25) is 0 Å². The van der Waals surface area contributed by atoms with Crippen LogP contribution in [0, 0.1) is 0 Å². The van der Waals surface area contributed by atoms with Crippen molar-refractivity contribution in [2.24, 2.45) is 0 Å². The van der Waals surface area contributed by atoms with Crippen LogP contribution < -0.4 is 15.0 Å². The molecule has 0 bridgehead atoms. The van der Waals surface area contributed by atoms with Crippen LogP contribution in [0.25, 0.3) is 10.8 Å². The molecule has 0 saturated carbocycles. The highest BCUT2D eigenvalue weighted by Crippen LogP contribution is 2.26. The number of hydrogen-bond acceptors (Lipinski definition) is 3. The summed E-state index contributed by atoms with van der Waals surface area (Å²) in [7, 11) is 2.07. The highest BCUT2D eigenvalue weighted by molar-refractivity contribution is 5.89. The predicted octanol–water partition coefficient (Wildman–Crippen LogP) is 4.64. The van der Waals surface area contributed by atoms with Crippen LogP contribution in [0.2, 0.25) is 0 Å². The lowest BCUT2D eigenvalue weighted by atomic mass is 10.1. The van der Waals surface area contributed by atoms with Crippen molar-refractivity contribution >= 4 is 22.4 Å². The van der Waals surface area contributed by atoms with E-state index < -0.39 is 6.10 Å². The molecule has 4 nitrogen and oxygen atoms in total. The second kappa shape index (κ2) is 9.79. The number of nitrogens with one attached hydrogen (secondary N) is 1. The Labute approximate surface area is 167 Å². The number of para-hydroxylation sites is 1. The molecule has 0 aliphatic rings. The van der Waals surface area contributed by atoms with Gasteiger partial charge >= 0.3 is 0 Å². The van der Waals surface area contributed by atoms with Crippen molar-refractivity contribution in [3.05, 3.63) is 72.8 Å². The molecule has 0 fully saturated rings. The van der Waals surface area contributed by atoms with Crippen LogP contribution in [-0.4, -0.2) is 32.1 Å². The molecule has 146 valence electrons. The fraction of sp³-hybridized carbons (Fsp3) is 0.292. The Kier molecular flexibility index (Phi) is 6.90. The van der Waals surface area contributed by atoms with Gasteiger partial charge in [-0.05, 0) is 36.4 Å². The van der Waals surface area contributed by atoms with Gasteiger partial charge in [-0.1, -0.05) is 61.5 Å². The fourth-order valence-electron chi connectivity index (χ4n) is 3.23. The largest absolute Gasteiger partial charge is 0.480 e. The zero-order valence-corrected chi connectivity index (χ0v) is 16.6. The molecule has 4 heteroatoms. The van der Waals surface area contributed by atoms with Crippen LogP contribution in [0.1, 0.15) is 19.8 Å². The van der Waals surface area contributed by atoms with Gasteiger partial charge in [-0.3, -0.25) is 4.79 Å². The Bertz CT molecular complexity index is 890. The van der Waals surface area contributed by atoms with Crippen molar-refractivity contribution in [2.75, 3.05) is 25.0 Å². The molecule has 0 spiro atoms. The van der Waals surface area contributed by atoms with E-state index in [1.807, 2.05) is 67.6 Å². The normalized spacial score (nSPS) is 11.8. The molecular formula is C24H28N2O2. The lowest BCUT2D eigenvalue weighted by molar-refractivity contribution is -0.128. The number of fused-ring (bicyclic) bond motifs is 1. The molecule has 0 heterocycles. The van der Waals surface area contributed by atoms with Crippen molar-refractivity contribution in [1.82, 2.24) is 5.32 Å². The number of benzene rings is 3. The van der Waals surface area contributed by atoms with Crippen LogP contribution in [0.3, 0.4) is 0 Å². The highest BCUT2D eigenvalue weighted by atomic mass is 16.5. The van der Waals surface area contributed by atoms with E-state index in [0.717, 1.165) is 29.5 Å². The van der Waals surface area contributed by atoms with Crippen molar-refractivity contribution in [3.8, 4) is 5.75 Å². The topological polar surface area (TPSA) is 41.6 Å². The third kappa shape index (κ3) is 5.03. The second-order valence-corrected chi connectivity index (χ2v) is 6.89. The maximum atomic E-state index is 12.6. The van der Waals surface area contributed by atoms with Crippen molar-refractivity contribution in [2.45, 2.75) is 25.9 Å². The number of ether oxygens (including phenoxy) is 1. The summed E-state index contributed by atoms with van der Waals surface area (Å²) in [5.41, 5.74) is 1.18. The fourth-order valence-corrected chi connectivity index (χ4v) is 3.23. The average molecular weight is 377 g/mol. The lowest BCUT2D eigenvalue weighted by Crippen LogP contribution is -2.39. The Hall–Kier alpha value is -3.01. The number of rotatable bonds is 9. The van der Waals surface area contributed by atoms with Gasteiger partial charge in [0.1, 0.15) is 5.75 Å². The molecule has 3 aromatic carbocycles. The SMILES string of the molecule is CC[C@H](Oc1cccc2ccccc12)C(=O)NCCCN(C)c1ccccc1. The van der Waals surface area contributed by atoms with E-state index in [-0.39, 0.29) is 5.91 Å². The van der Waals surface area contributed by atoms with E-state index in [1.54, 1.807) is 0 Å². The summed E-state index contributed by atoms with van der Waals surface area (Å²) in [6.45, 7) is 3.48. The van der Waals surface area contributed by atoms with Gasteiger partial charge in [-0.25, -0.2) is 0 Å². The Morgan fingerprint density at radius 3 is 2.50 bits per heavy atom. The van der Waals surface area contributed by atoms with E-state index in [0.29, 0.717) is 13.0 Å². The third-order valence-corrected chi connectivity index (χ3v) is 4.85. The van der Waals surface area contributed by atoms with Gasteiger partial charge in [-0.2, -0.15) is 0 Å². The summed E-state index contributed by atoms with van der Waals surface area (Å²) in [5.74, 6) is 0.696. The lowest BCUT2D eigenvalue weighted by Gasteiger charge is -2.21. The predicted molar refractivity (Wildman–Crippen MR) is 116 cm³/mol. The molecule has 0 saturated heterocycles. The maximum Gasteiger partial charge on any atom is 0.261 e. The first-order valence-corrected chi connectivity index (χ1v) is 9.87. The third-order valence-electron chi connectivity index (χ3n) is 4.85. The van der Waals surface area contributed by atoms with Gasteiger partial charge in [0, 0.05) is 31.2 Å². The molecule has 0 aliphatic carbocycles. The molecule has 0 radical (unpaired) electrons. The first-order valence-electron chi connectivity index (χ1n) is 9.87. The quantitative estimate of drug-likeness (QED) is 0.553. The highest BCUT2D eigenvalue weighted by Gasteiger charge is 2.18. The van der Waals surface area contributed by atoms with Crippen LogP contribution in [0.5, 0.6) is 5.75 Å². The molecule has 1 N–H and O–H groups in total. The van der Waals surface area contributed by atoms with E-state index in [2.05, 4.69) is 29.4 Å². The minimum Gasteiger partial charge on any atom is -0.480 e.